The molecule has 1 N–H and O–H groups in total. The fourth-order valence-corrected chi connectivity index (χ4v) is 1.98. The van der Waals surface area contributed by atoms with Gasteiger partial charge in [0.2, 0.25) is 0 Å². The van der Waals surface area contributed by atoms with E-state index >= 15 is 0 Å². The highest BCUT2D eigenvalue weighted by atomic mass is 19.4. The van der Waals surface area contributed by atoms with Gasteiger partial charge in [0.25, 0.3) is 0 Å². The van der Waals surface area contributed by atoms with Gasteiger partial charge in [0, 0.05) is 19.2 Å². The number of ether oxygens (including phenoxy) is 1. The summed E-state index contributed by atoms with van der Waals surface area (Å²) in [6.45, 7) is 2.59. The molecule has 0 bridgehead atoms. The highest BCUT2D eigenvalue weighted by Crippen LogP contribution is 2.34. The van der Waals surface area contributed by atoms with Crippen molar-refractivity contribution < 1.29 is 22.3 Å². The van der Waals surface area contributed by atoms with Crippen molar-refractivity contribution in [1.82, 2.24) is 4.90 Å². The van der Waals surface area contributed by atoms with Gasteiger partial charge in [0.15, 0.2) is 0 Å². The second kappa shape index (κ2) is 6.90. The second-order valence-electron chi connectivity index (χ2n) is 5.13. The predicted octanol–water partition coefficient (Wildman–Crippen LogP) is 4.91. The van der Waals surface area contributed by atoms with Crippen molar-refractivity contribution in [2.24, 2.45) is 0 Å². The van der Waals surface area contributed by atoms with Gasteiger partial charge < -0.3 is 9.64 Å². The van der Waals surface area contributed by atoms with Gasteiger partial charge in [-0.2, -0.15) is 13.2 Å². The molecule has 0 unspecified atom stereocenters. The van der Waals surface area contributed by atoms with Crippen molar-refractivity contribution in [3.63, 3.8) is 0 Å². The zero-order valence-corrected chi connectivity index (χ0v) is 13.1. The molecule has 0 radical (unpaired) electrons. The molecule has 128 valence electrons. The van der Waals surface area contributed by atoms with Gasteiger partial charge >= 0.3 is 6.18 Å². The average Bonchev–Trinajstić information content (AvgIpc) is 2.55. The molecular formula is C17H16F4N2O. The molecule has 2 aromatic rings. The Morgan fingerprint density at radius 1 is 1.08 bits per heavy atom. The number of alkyl halides is 3. The number of amidine groups is 1. The van der Waals surface area contributed by atoms with E-state index in [4.69, 9.17) is 10.1 Å². The summed E-state index contributed by atoms with van der Waals surface area (Å²) >= 11 is 0. The van der Waals surface area contributed by atoms with E-state index in [1.165, 1.54) is 0 Å². The molecule has 0 spiro atoms. The van der Waals surface area contributed by atoms with Crippen LogP contribution < -0.4 is 4.74 Å². The molecule has 0 fully saturated rings. The Bertz CT molecular complexity index is 726. The summed E-state index contributed by atoms with van der Waals surface area (Å²) in [7, 11) is 1.78. The van der Waals surface area contributed by atoms with E-state index in [9.17, 15) is 17.6 Å². The van der Waals surface area contributed by atoms with Crippen molar-refractivity contribution in [3.05, 3.63) is 59.4 Å². The monoisotopic (exact) mass is 340 g/mol. The molecule has 2 rings (SSSR count). The van der Waals surface area contributed by atoms with E-state index in [0.717, 1.165) is 12.1 Å². The number of nitrogens with one attached hydrogen (secondary N) is 1. The van der Waals surface area contributed by atoms with Crippen LogP contribution in [-0.2, 0) is 6.18 Å². The number of hydrogen-bond donors (Lipinski definition) is 1. The minimum absolute atomic E-state index is 0.114. The molecule has 0 saturated carbocycles. The van der Waals surface area contributed by atoms with Crippen molar-refractivity contribution >= 4 is 5.84 Å². The lowest BCUT2D eigenvalue weighted by Gasteiger charge is -2.18. The highest BCUT2D eigenvalue weighted by Gasteiger charge is 2.34. The fourth-order valence-electron chi connectivity index (χ4n) is 1.98. The fraction of sp³-hybridized carbons (Fsp3) is 0.235. The van der Waals surface area contributed by atoms with Gasteiger partial charge in [-0.1, -0.05) is 0 Å². The number of halogens is 4. The number of benzene rings is 2. The minimum atomic E-state index is -4.78. The van der Waals surface area contributed by atoms with E-state index in [1.54, 1.807) is 36.2 Å². The molecule has 7 heteroatoms. The van der Waals surface area contributed by atoms with Crippen LogP contribution in [0.1, 0.15) is 18.1 Å². The van der Waals surface area contributed by atoms with Crippen LogP contribution in [0.15, 0.2) is 42.5 Å². The standard InChI is InChI=1S/C17H16F4N2O/c1-3-23(2)16(22)11-4-6-12(7-5-11)24-13-8-9-15(18)14(10-13)17(19,20)21/h4-10,22H,3H2,1-2H3. The van der Waals surface area contributed by atoms with Gasteiger partial charge in [0.05, 0.1) is 5.56 Å². The Labute approximate surface area is 137 Å². The summed E-state index contributed by atoms with van der Waals surface area (Å²) in [5.41, 5.74) is -0.718. The summed E-state index contributed by atoms with van der Waals surface area (Å²) in [5.74, 6) is -0.839. The van der Waals surface area contributed by atoms with E-state index in [2.05, 4.69) is 0 Å². The maximum atomic E-state index is 13.3. The molecule has 0 aliphatic carbocycles. The molecule has 0 aliphatic rings. The Morgan fingerprint density at radius 2 is 1.67 bits per heavy atom. The summed E-state index contributed by atoms with van der Waals surface area (Å²) < 4.78 is 56.7. The minimum Gasteiger partial charge on any atom is -0.457 e. The van der Waals surface area contributed by atoms with Crippen molar-refractivity contribution in [2.45, 2.75) is 13.1 Å². The van der Waals surface area contributed by atoms with Crippen LogP contribution in [0.5, 0.6) is 11.5 Å². The first-order valence-electron chi connectivity index (χ1n) is 7.17. The zero-order chi connectivity index (χ0) is 17.9. The Morgan fingerprint density at radius 3 is 2.21 bits per heavy atom. The third-order valence-electron chi connectivity index (χ3n) is 3.46. The molecule has 3 nitrogen and oxygen atoms in total. The Balaban J connectivity index is 2.19. The summed E-state index contributed by atoms with van der Waals surface area (Å²) in [4.78, 5) is 1.74. The zero-order valence-electron chi connectivity index (χ0n) is 13.1. The Kier molecular flexibility index (Phi) is 5.11. The average molecular weight is 340 g/mol. The second-order valence-corrected chi connectivity index (χ2v) is 5.13. The van der Waals surface area contributed by atoms with Crippen molar-refractivity contribution in [2.75, 3.05) is 13.6 Å². The lowest BCUT2D eigenvalue weighted by Crippen LogP contribution is -2.26. The maximum absolute atomic E-state index is 13.3. The first-order chi connectivity index (χ1) is 11.2. The van der Waals surface area contributed by atoms with Crippen molar-refractivity contribution in [1.29, 1.82) is 5.41 Å². The third-order valence-corrected chi connectivity index (χ3v) is 3.46. The number of rotatable bonds is 4. The maximum Gasteiger partial charge on any atom is 0.419 e. The largest absolute Gasteiger partial charge is 0.457 e. The molecule has 24 heavy (non-hydrogen) atoms. The van der Waals surface area contributed by atoms with E-state index in [0.29, 0.717) is 29.8 Å². The quantitative estimate of drug-likeness (QED) is 0.487. The molecule has 0 heterocycles. The van der Waals surface area contributed by atoms with Crippen LogP contribution in [0.3, 0.4) is 0 Å². The van der Waals surface area contributed by atoms with Crippen LogP contribution in [0.4, 0.5) is 17.6 Å². The molecular weight excluding hydrogens is 324 g/mol. The molecule has 0 saturated heterocycles. The molecule has 0 atom stereocenters. The van der Waals surface area contributed by atoms with Gasteiger partial charge in [-0.25, -0.2) is 4.39 Å². The summed E-state index contributed by atoms with van der Waals surface area (Å²) in [6, 6.07) is 8.84. The first kappa shape index (κ1) is 17.8. The van der Waals surface area contributed by atoms with Gasteiger partial charge in [-0.05, 0) is 49.4 Å². The molecule has 0 aliphatic heterocycles. The van der Waals surface area contributed by atoms with Crippen molar-refractivity contribution in [3.8, 4) is 11.5 Å². The first-order valence-corrected chi connectivity index (χ1v) is 7.17. The van der Waals surface area contributed by atoms with Gasteiger partial charge in [-0.3, -0.25) is 5.41 Å². The predicted molar refractivity (Wildman–Crippen MR) is 83.1 cm³/mol. The van der Waals surface area contributed by atoms with Gasteiger partial charge in [-0.15, -0.1) is 0 Å². The van der Waals surface area contributed by atoms with Crippen LogP contribution >= 0.6 is 0 Å². The Hall–Kier alpha value is -2.57. The van der Waals surface area contributed by atoms with E-state index in [1.807, 2.05) is 6.92 Å². The van der Waals surface area contributed by atoms with Crippen LogP contribution in [-0.4, -0.2) is 24.3 Å². The van der Waals surface area contributed by atoms with Crippen LogP contribution in [0.2, 0.25) is 0 Å². The third kappa shape index (κ3) is 4.04. The molecule has 2 aromatic carbocycles. The number of hydrogen-bond acceptors (Lipinski definition) is 2. The summed E-state index contributed by atoms with van der Waals surface area (Å²) in [5, 5.41) is 7.97. The number of nitrogens with zero attached hydrogens (tertiary/aromatic N) is 1. The van der Waals surface area contributed by atoms with Gasteiger partial charge in [0.1, 0.15) is 23.2 Å². The lowest BCUT2D eigenvalue weighted by molar-refractivity contribution is -0.140. The molecule has 0 amide bonds. The van der Waals surface area contributed by atoms with E-state index < -0.39 is 17.6 Å². The lowest BCUT2D eigenvalue weighted by atomic mass is 10.1. The smallest absolute Gasteiger partial charge is 0.419 e. The highest BCUT2D eigenvalue weighted by molar-refractivity contribution is 5.96. The van der Waals surface area contributed by atoms with Crippen LogP contribution in [0.25, 0.3) is 0 Å². The molecule has 0 aromatic heterocycles. The summed E-state index contributed by atoms with van der Waals surface area (Å²) in [6.07, 6.45) is -4.78. The normalized spacial score (nSPS) is 11.2. The SMILES string of the molecule is CCN(C)C(=N)c1ccc(Oc2ccc(F)c(C(F)(F)F)c2)cc1. The topological polar surface area (TPSA) is 36.3 Å². The van der Waals surface area contributed by atoms with E-state index in [-0.39, 0.29) is 5.75 Å². The van der Waals surface area contributed by atoms with Crippen LogP contribution in [0, 0.1) is 11.2 Å².